The topological polar surface area (TPSA) is 78.9 Å². The standard InChI is InChI=1S/C13H18N2O4S/c1-9-8-19-12-6-10(15-5-4-11(16)7-15)2-3-13(12)20(17,18)14-9/h2-3,6,9,11,14,16H,4-5,7-8H2,1H3/t9-,11+/m1/s1. The van der Waals surface area contributed by atoms with Gasteiger partial charge >= 0.3 is 0 Å². The summed E-state index contributed by atoms with van der Waals surface area (Å²) in [5, 5.41) is 9.58. The number of sulfonamides is 1. The first-order chi connectivity index (χ1) is 9.45. The van der Waals surface area contributed by atoms with Gasteiger partial charge in [0, 0.05) is 24.8 Å². The molecule has 2 aliphatic heterocycles. The number of ether oxygens (including phenoxy) is 1. The number of anilines is 1. The minimum Gasteiger partial charge on any atom is -0.490 e. The molecule has 6 nitrogen and oxygen atoms in total. The Hall–Kier alpha value is -1.31. The molecule has 1 saturated heterocycles. The number of aliphatic hydroxyl groups is 1. The summed E-state index contributed by atoms with van der Waals surface area (Å²) in [6, 6.07) is 4.81. The van der Waals surface area contributed by atoms with E-state index in [1.165, 1.54) is 0 Å². The SMILES string of the molecule is C[C@@H]1COc2cc(N3CC[C@H](O)C3)ccc2S(=O)(=O)N1. The number of β-amino-alcohol motifs (C(OH)–C–C–N with tert-alkyl or cyclic N) is 1. The fourth-order valence-corrected chi connectivity index (χ4v) is 3.94. The van der Waals surface area contributed by atoms with Crippen LogP contribution in [-0.4, -0.2) is 45.4 Å². The van der Waals surface area contributed by atoms with Crippen LogP contribution in [0.3, 0.4) is 0 Å². The van der Waals surface area contributed by atoms with Crippen LogP contribution >= 0.6 is 0 Å². The van der Waals surface area contributed by atoms with Crippen molar-refractivity contribution in [2.24, 2.45) is 0 Å². The van der Waals surface area contributed by atoms with Crippen LogP contribution in [0.25, 0.3) is 0 Å². The molecule has 0 aromatic heterocycles. The molecular formula is C13H18N2O4S. The van der Waals surface area contributed by atoms with Crippen LogP contribution in [0.5, 0.6) is 5.75 Å². The van der Waals surface area contributed by atoms with Gasteiger partial charge in [-0.05, 0) is 25.5 Å². The first-order valence-corrected chi connectivity index (χ1v) is 8.16. The zero-order valence-electron chi connectivity index (χ0n) is 11.2. The van der Waals surface area contributed by atoms with Crippen LogP contribution in [0.4, 0.5) is 5.69 Å². The van der Waals surface area contributed by atoms with Crippen LogP contribution in [0.2, 0.25) is 0 Å². The Bertz CT molecular complexity index is 617. The highest BCUT2D eigenvalue weighted by molar-refractivity contribution is 7.89. The lowest BCUT2D eigenvalue weighted by molar-refractivity contribution is 0.198. The number of fused-ring (bicyclic) bond motifs is 1. The smallest absolute Gasteiger partial charge is 0.244 e. The molecule has 0 saturated carbocycles. The highest BCUT2D eigenvalue weighted by atomic mass is 32.2. The van der Waals surface area contributed by atoms with E-state index in [2.05, 4.69) is 4.72 Å². The summed E-state index contributed by atoms with van der Waals surface area (Å²) in [6.45, 7) is 3.40. The predicted octanol–water partition coefficient (Wildman–Crippen LogP) is 0.317. The average Bonchev–Trinajstić information content (AvgIpc) is 2.77. The molecule has 0 aliphatic carbocycles. The predicted molar refractivity (Wildman–Crippen MR) is 74.6 cm³/mol. The van der Waals surface area contributed by atoms with Crippen molar-refractivity contribution in [1.82, 2.24) is 4.72 Å². The largest absolute Gasteiger partial charge is 0.490 e. The van der Waals surface area contributed by atoms with Crippen LogP contribution < -0.4 is 14.4 Å². The summed E-state index contributed by atoms with van der Waals surface area (Å²) in [5.74, 6) is 0.376. The second kappa shape index (κ2) is 4.91. The van der Waals surface area contributed by atoms with Crippen molar-refractivity contribution < 1.29 is 18.3 Å². The van der Waals surface area contributed by atoms with Crippen molar-refractivity contribution in [1.29, 1.82) is 0 Å². The Morgan fingerprint density at radius 2 is 2.25 bits per heavy atom. The number of benzene rings is 1. The van der Waals surface area contributed by atoms with E-state index in [1.807, 2.05) is 4.90 Å². The van der Waals surface area contributed by atoms with Gasteiger partial charge in [-0.25, -0.2) is 13.1 Å². The summed E-state index contributed by atoms with van der Waals surface area (Å²) in [6.07, 6.45) is 0.412. The first-order valence-electron chi connectivity index (χ1n) is 6.68. The summed E-state index contributed by atoms with van der Waals surface area (Å²) in [5.41, 5.74) is 0.880. The minimum absolute atomic E-state index is 0.172. The fraction of sp³-hybridized carbons (Fsp3) is 0.538. The first kappa shape index (κ1) is 13.7. The molecule has 0 amide bonds. The summed E-state index contributed by atoms with van der Waals surface area (Å²) in [7, 11) is -3.52. The Morgan fingerprint density at radius 1 is 1.45 bits per heavy atom. The number of rotatable bonds is 1. The molecule has 0 bridgehead atoms. The van der Waals surface area contributed by atoms with Crippen LogP contribution in [0, 0.1) is 0 Å². The van der Waals surface area contributed by atoms with Gasteiger partial charge in [0.1, 0.15) is 17.3 Å². The molecule has 0 unspecified atom stereocenters. The molecule has 1 fully saturated rings. The number of hydrogen-bond acceptors (Lipinski definition) is 5. The van der Waals surface area contributed by atoms with Crippen molar-refractivity contribution in [3.05, 3.63) is 18.2 Å². The number of hydrogen-bond donors (Lipinski definition) is 2. The van der Waals surface area contributed by atoms with Gasteiger partial charge in [-0.15, -0.1) is 0 Å². The van der Waals surface area contributed by atoms with Gasteiger partial charge in [0.15, 0.2) is 0 Å². The Morgan fingerprint density at radius 3 is 2.95 bits per heavy atom. The third-order valence-electron chi connectivity index (χ3n) is 3.59. The highest BCUT2D eigenvalue weighted by Gasteiger charge is 2.28. The van der Waals surface area contributed by atoms with E-state index >= 15 is 0 Å². The Labute approximate surface area is 118 Å². The molecule has 1 aromatic carbocycles. The van der Waals surface area contributed by atoms with E-state index in [0.29, 0.717) is 18.9 Å². The third-order valence-corrected chi connectivity index (χ3v) is 5.22. The quantitative estimate of drug-likeness (QED) is 0.780. The van der Waals surface area contributed by atoms with Crippen LogP contribution in [-0.2, 0) is 10.0 Å². The molecule has 2 heterocycles. The molecule has 0 spiro atoms. The van der Waals surface area contributed by atoms with Gasteiger partial charge in [-0.1, -0.05) is 0 Å². The molecule has 3 rings (SSSR count). The average molecular weight is 298 g/mol. The van der Waals surface area contributed by atoms with Crippen molar-refractivity contribution in [3.63, 3.8) is 0 Å². The maximum atomic E-state index is 12.1. The highest BCUT2D eigenvalue weighted by Crippen LogP contribution is 2.32. The van der Waals surface area contributed by atoms with Crippen molar-refractivity contribution in [2.45, 2.75) is 30.4 Å². The van der Waals surface area contributed by atoms with Crippen molar-refractivity contribution in [3.8, 4) is 5.75 Å². The Balaban J connectivity index is 1.97. The summed E-state index contributed by atoms with van der Waals surface area (Å²) in [4.78, 5) is 2.20. The molecule has 1 aromatic rings. The zero-order chi connectivity index (χ0) is 14.3. The second-order valence-electron chi connectivity index (χ2n) is 5.35. The Kier molecular flexibility index (Phi) is 3.35. The second-order valence-corrected chi connectivity index (χ2v) is 7.04. The van der Waals surface area contributed by atoms with E-state index in [-0.39, 0.29) is 17.0 Å². The van der Waals surface area contributed by atoms with E-state index in [1.54, 1.807) is 25.1 Å². The fourth-order valence-electron chi connectivity index (χ4n) is 2.58. The van der Waals surface area contributed by atoms with E-state index in [0.717, 1.165) is 18.7 Å². The van der Waals surface area contributed by atoms with E-state index < -0.39 is 10.0 Å². The van der Waals surface area contributed by atoms with Gasteiger partial charge in [-0.3, -0.25) is 0 Å². The zero-order valence-corrected chi connectivity index (χ0v) is 12.1. The minimum atomic E-state index is -3.52. The lowest BCUT2D eigenvalue weighted by atomic mass is 10.2. The molecular weight excluding hydrogens is 280 g/mol. The summed E-state index contributed by atoms with van der Waals surface area (Å²) < 4.78 is 32.4. The molecule has 2 aliphatic rings. The van der Waals surface area contributed by atoms with Gasteiger partial charge in [0.25, 0.3) is 0 Å². The molecule has 110 valence electrons. The maximum absolute atomic E-state index is 12.1. The monoisotopic (exact) mass is 298 g/mol. The van der Waals surface area contributed by atoms with E-state index in [9.17, 15) is 13.5 Å². The number of aliphatic hydroxyl groups excluding tert-OH is 1. The maximum Gasteiger partial charge on any atom is 0.244 e. The number of nitrogens with one attached hydrogen (secondary N) is 1. The lowest BCUT2D eigenvalue weighted by Crippen LogP contribution is -2.33. The molecule has 7 heteroatoms. The third kappa shape index (κ3) is 2.48. The number of nitrogens with zero attached hydrogens (tertiary/aromatic N) is 1. The van der Waals surface area contributed by atoms with E-state index in [4.69, 9.17) is 4.74 Å². The molecule has 2 N–H and O–H groups in total. The molecule has 0 radical (unpaired) electrons. The van der Waals surface area contributed by atoms with Gasteiger partial charge in [0.2, 0.25) is 10.0 Å². The van der Waals surface area contributed by atoms with Crippen molar-refractivity contribution >= 4 is 15.7 Å². The van der Waals surface area contributed by atoms with Crippen LogP contribution in [0.1, 0.15) is 13.3 Å². The van der Waals surface area contributed by atoms with Gasteiger partial charge < -0.3 is 14.7 Å². The summed E-state index contributed by atoms with van der Waals surface area (Å²) >= 11 is 0. The lowest BCUT2D eigenvalue weighted by Gasteiger charge is -2.19. The molecule has 20 heavy (non-hydrogen) atoms. The normalized spacial score (nSPS) is 28.6. The van der Waals surface area contributed by atoms with Crippen molar-refractivity contribution in [2.75, 3.05) is 24.6 Å². The van der Waals surface area contributed by atoms with Gasteiger partial charge in [-0.2, -0.15) is 0 Å². The van der Waals surface area contributed by atoms with Gasteiger partial charge in [0.05, 0.1) is 12.1 Å². The van der Waals surface area contributed by atoms with Crippen LogP contribution in [0.15, 0.2) is 23.1 Å². The molecule has 2 atom stereocenters.